The number of nitrogens with one attached hydrogen (secondary N) is 2. The van der Waals surface area contributed by atoms with Crippen molar-refractivity contribution in [3.63, 3.8) is 0 Å². The summed E-state index contributed by atoms with van der Waals surface area (Å²) in [6.45, 7) is 0.201. The van der Waals surface area contributed by atoms with Crippen LogP contribution in [0.15, 0.2) is 76.5 Å². The third-order valence-electron chi connectivity index (χ3n) is 4.45. The molecule has 8 nitrogen and oxygen atoms in total. The molecule has 2 aromatic heterocycles. The molecule has 31 heavy (non-hydrogen) atoms. The SMILES string of the molecule is COc1ccc(-n2c(SCC(=O)NC(=O)NCc3ccco3)nc3ccccc32)cc1. The first-order valence-electron chi connectivity index (χ1n) is 9.49. The van der Waals surface area contributed by atoms with E-state index >= 15 is 0 Å². The van der Waals surface area contributed by atoms with Crippen LogP contribution in [0, 0.1) is 0 Å². The normalized spacial score (nSPS) is 10.7. The Hall–Kier alpha value is -3.72. The van der Waals surface area contributed by atoms with Gasteiger partial charge in [0.2, 0.25) is 5.91 Å². The molecular weight excluding hydrogens is 416 g/mol. The number of ether oxygens (including phenoxy) is 1. The number of amides is 3. The molecule has 9 heteroatoms. The van der Waals surface area contributed by atoms with Crippen molar-refractivity contribution in [2.75, 3.05) is 12.9 Å². The summed E-state index contributed by atoms with van der Waals surface area (Å²) in [4.78, 5) is 28.8. The van der Waals surface area contributed by atoms with E-state index in [1.165, 1.54) is 18.0 Å². The third kappa shape index (κ3) is 4.89. The zero-order valence-corrected chi connectivity index (χ0v) is 17.5. The van der Waals surface area contributed by atoms with Crippen LogP contribution < -0.4 is 15.4 Å². The lowest BCUT2D eigenvalue weighted by atomic mass is 10.2. The molecule has 158 valence electrons. The lowest BCUT2D eigenvalue weighted by Gasteiger charge is -2.10. The number of hydrogen-bond acceptors (Lipinski definition) is 6. The predicted molar refractivity (Wildman–Crippen MR) is 117 cm³/mol. The van der Waals surface area contributed by atoms with Crippen LogP contribution in [0.3, 0.4) is 0 Å². The summed E-state index contributed by atoms with van der Waals surface area (Å²) in [5.41, 5.74) is 2.64. The maximum atomic E-state index is 12.3. The fourth-order valence-electron chi connectivity index (χ4n) is 3.00. The quantitative estimate of drug-likeness (QED) is 0.428. The molecule has 0 aliphatic heterocycles. The van der Waals surface area contributed by atoms with Crippen LogP contribution in [0.5, 0.6) is 5.75 Å². The lowest BCUT2D eigenvalue weighted by molar-refractivity contribution is -0.117. The molecule has 0 unspecified atom stereocenters. The first-order chi connectivity index (χ1) is 15.1. The average molecular weight is 436 g/mol. The number of nitrogens with zero attached hydrogens (tertiary/aromatic N) is 2. The maximum absolute atomic E-state index is 12.3. The molecule has 3 amide bonds. The number of para-hydroxylation sites is 2. The van der Waals surface area contributed by atoms with Gasteiger partial charge in [-0.25, -0.2) is 9.78 Å². The van der Waals surface area contributed by atoms with Crippen LogP contribution in [-0.2, 0) is 11.3 Å². The standard InChI is InChI=1S/C22H20N4O4S/c1-29-16-10-8-15(9-11-16)26-19-7-3-2-6-18(19)24-22(26)31-14-20(27)25-21(28)23-13-17-5-4-12-30-17/h2-12H,13-14H2,1H3,(H2,23,25,27,28). The second-order valence-corrected chi connectivity index (χ2v) is 7.46. The molecule has 0 saturated heterocycles. The number of fused-ring (bicyclic) bond motifs is 1. The molecular formula is C22H20N4O4S. The van der Waals surface area contributed by atoms with E-state index in [1.807, 2.05) is 53.1 Å². The summed E-state index contributed by atoms with van der Waals surface area (Å²) >= 11 is 1.25. The number of furan rings is 1. The van der Waals surface area contributed by atoms with Crippen molar-refractivity contribution in [3.05, 3.63) is 72.7 Å². The number of methoxy groups -OCH3 is 1. The van der Waals surface area contributed by atoms with E-state index in [0.717, 1.165) is 22.5 Å². The van der Waals surface area contributed by atoms with Gasteiger partial charge >= 0.3 is 6.03 Å². The zero-order valence-electron chi connectivity index (χ0n) is 16.7. The molecule has 0 bridgehead atoms. The summed E-state index contributed by atoms with van der Waals surface area (Å²) in [6.07, 6.45) is 1.52. The molecule has 0 aliphatic carbocycles. The maximum Gasteiger partial charge on any atom is 0.321 e. The predicted octanol–water partition coefficient (Wildman–Crippen LogP) is 3.75. The Bertz CT molecular complexity index is 1190. The highest BCUT2D eigenvalue weighted by Crippen LogP contribution is 2.28. The van der Waals surface area contributed by atoms with Crippen LogP contribution in [-0.4, -0.2) is 34.4 Å². The van der Waals surface area contributed by atoms with E-state index in [2.05, 4.69) is 15.6 Å². The summed E-state index contributed by atoms with van der Waals surface area (Å²) < 4.78 is 12.4. The molecule has 2 aromatic carbocycles. The molecule has 4 aromatic rings. The van der Waals surface area contributed by atoms with E-state index < -0.39 is 11.9 Å². The van der Waals surface area contributed by atoms with Gasteiger partial charge in [0, 0.05) is 5.69 Å². The average Bonchev–Trinajstić information content (AvgIpc) is 3.44. The second kappa shape index (κ2) is 9.40. The molecule has 0 fully saturated rings. The van der Waals surface area contributed by atoms with Gasteiger partial charge in [0.05, 0.1) is 36.7 Å². The highest BCUT2D eigenvalue weighted by Gasteiger charge is 2.15. The Kier molecular flexibility index (Phi) is 6.23. The topological polar surface area (TPSA) is 98.4 Å². The zero-order chi connectivity index (χ0) is 21.6. The highest BCUT2D eigenvalue weighted by molar-refractivity contribution is 7.99. The monoisotopic (exact) mass is 436 g/mol. The number of imide groups is 1. The van der Waals surface area contributed by atoms with E-state index in [4.69, 9.17) is 9.15 Å². The smallest absolute Gasteiger partial charge is 0.321 e. The summed E-state index contributed by atoms with van der Waals surface area (Å²) in [5, 5.41) is 5.54. The summed E-state index contributed by atoms with van der Waals surface area (Å²) in [5.74, 6) is 0.968. The van der Waals surface area contributed by atoms with Gasteiger partial charge in [-0.1, -0.05) is 23.9 Å². The number of carbonyl (C=O) groups is 2. The van der Waals surface area contributed by atoms with Gasteiger partial charge in [0.1, 0.15) is 11.5 Å². The Morgan fingerprint density at radius 3 is 2.65 bits per heavy atom. The van der Waals surface area contributed by atoms with Crippen molar-refractivity contribution in [3.8, 4) is 11.4 Å². The van der Waals surface area contributed by atoms with Crippen LogP contribution in [0.1, 0.15) is 5.76 Å². The number of carbonyl (C=O) groups excluding carboxylic acids is 2. The van der Waals surface area contributed by atoms with Gasteiger partial charge in [-0.15, -0.1) is 0 Å². The highest BCUT2D eigenvalue weighted by atomic mass is 32.2. The van der Waals surface area contributed by atoms with Crippen LogP contribution in [0.2, 0.25) is 0 Å². The van der Waals surface area contributed by atoms with E-state index in [9.17, 15) is 9.59 Å². The Balaban J connectivity index is 1.45. The number of benzene rings is 2. The van der Waals surface area contributed by atoms with Gasteiger partial charge < -0.3 is 14.5 Å². The van der Waals surface area contributed by atoms with Crippen LogP contribution in [0.4, 0.5) is 4.79 Å². The van der Waals surface area contributed by atoms with Gasteiger partial charge in [0.15, 0.2) is 5.16 Å². The number of urea groups is 1. The molecule has 0 saturated carbocycles. The Labute approximate surface area is 182 Å². The van der Waals surface area contributed by atoms with E-state index in [0.29, 0.717) is 10.9 Å². The summed E-state index contributed by atoms with van der Waals surface area (Å²) in [7, 11) is 1.62. The summed E-state index contributed by atoms with van der Waals surface area (Å²) in [6, 6.07) is 18.2. The van der Waals surface area contributed by atoms with Gasteiger partial charge in [0.25, 0.3) is 0 Å². The minimum Gasteiger partial charge on any atom is -0.497 e. The minimum atomic E-state index is -0.578. The van der Waals surface area contributed by atoms with E-state index in [-0.39, 0.29) is 12.3 Å². The van der Waals surface area contributed by atoms with Crippen molar-refractivity contribution in [2.45, 2.75) is 11.7 Å². The Morgan fingerprint density at radius 1 is 1.10 bits per heavy atom. The number of imidazole rings is 1. The largest absolute Gasteiger partial charge is 0.497 e. The lowest BCUT2D eigenvalue weighted by Crippen LogP contribution is -2.39. The molecule has 2 N–H and O–H groups in total. The first-order valence-corrected chi connectivity index (χ1v) is 10.5. The molecule has 0 spiro atoms. The van der Waals surface area contributed by atoms with Crippen molar-refractivity contribution in [1.29, 1.82) is 0 Å². The molecule has 4 rings (SSSR count). The first kappa shape index (κ1) is 20.5. The van der Waals surface area contributed by atoms with Crippen molar-refractivity contribution < 1.29 is 18.7 Å². The molecule has 2 heterocycles. The van der Waals surface area contributed by atoms with Crippen molar-refractivity contribution in [1.82, 2.24) is 20.2 Å². The van der Waals surface area contributed by atoms with Crippen LogP contribution >= 0.6 is 11.8 Å². The van der Waals surface area contributed by atoms with E-state index in [1.54, 1.807) is 19.2 Å². The minimum absolute atomic E-state index is 0.0354. The van der Waals surface area contributed by atoms with Gasteiger partial charge in [-0.05, 0) is 48.5 Å². The van der Waals surface area contributed by atoms with Gasteiger partial charge in [-0.3, -0.25) is 14.7 Å². The fraction of sp³-hybridized carbons (Fsp3) is 0.136. The van der Waals surface area contributed by atoms with Gasteiger partial charge in [-0.2, -0.15) is 0 Å². The number of aromatic nitrogens is 2. The number of hydrogen-bond donors (Lipinski definition) is 2. The van der Waals surface area contributed by atoms with Crippen molar-refractivity contribution >= 4 is 34.7 Å². The van der Waals surface area contributed by atoms with Crippen LogP contribution in [0.25, 0.3) is 16.7 Å². The molecule has 0 atom stereocenters. The molecule has 0 aliphatic rings. The Morgan fingerprint density at radius 2 is 1.90 bits per heavy atom. The number of rotatable bonds is 7. The third-order valence-corrected chi connectivity index (χ3v) is 5.39. The van der Waals surface area contributed by atoms with Crippen molar-refractivity contribution in [2.24, 2.45) is 0 Å². The fourth-order valence-corrected chi connectivity index (χ4v) is 3.83. The second-order valence-electron chi connectivity index (χ2n) is 6.52. The number of thioether (sulfide) groups is 1. The molecule has 0 radical (unpaired) electrons.